The van der Waals surface area contributed by atoms with Gasteiger partial charge in [0.2, 0.25) is 5.69 Å². The van der Waals surface area contributed by atoms with Gasteiger partial charge >= 0.3 is 0 Å². The summed E-state index contributed by atoms with van der Waals surface area (Å²) in [5, 5.41) is 2.49. The molecule has 1 atom stereocenters. The number of hydrogen-bond acceptors (Lipinski definition) is 2. The van der Waals surface area contributed by atoms with Gasteiger partial charge in [0.05, 0.1) is 11.7 Å². The van der Waals surface area contributed by atoms with E-state index >= 15 is 0 Å². The van der Waals surface area contributed by atoms with Crippen molar-refractivity contribution in [2.75, 3.05) is 12.3 Å². The topological polar surface area (TPSA) is 57.4 Å². The van der Waals surface area contributed by atoms with E-state index in [2.05, 4.69) is 48.0 Å². The van der Waals surface area contributed by atoms with Crippen molar-refractivity contribution in [1.82, 2.24) is 0 Å². The molecule has 0 aromatic heterocycles. The molecular formula is C17H20NO3S+. The van der Waals surface area contributed by atoms with E-state index in [1.807, 2.05) is 6.07 Å². The van der Waals surface area contributed by atoms with Gasteiger partial charge in [-0.05, 0) is 23.3 Å². The van der Waals surface area contributed by atoms with Gasteiger partial charge < -0.3 is 0 Å². The van der Waals surface area contributed by atoms with Crippen LogP contribution in [0.1, 0.15) is 31.2 Å². The van der Waals surface area contributed by atoms with Gasteiger partial charge in [0, 0.05) is 18.1 Å². The van der Waals surface area contributed by atoms with Crippen LogP contribution in [0.25, 0.3) is 10.8 Å². The van der Waals surface area contributed by atoms with E-state index in [1.54, 1.807) is 0 Å². The zero-order valence-electron chi connectivity index (χ0n) is 12.6. The molecule has 0 spiro atoms. The zero-order valence-corrected chi connectivity index (χ0v) is 13.4. The Hall–Kier alpha value is -1.72. The van der Waals surface area contributed by atoms with Crippen molar-refractivity contribution in [2.24, 2.45) is 0 Å². The summed E-state index contributed by atoms with van der Waals surface area (Å²) in [6, 6.07) is 12.6. The monoisotopic (exact) mass is 318 g/mol. The molecule has 4 nitrogen and oxygen atoms in total. The number of rotatable bonds is 5. The smallest absolute Gasteiger partial charge is 0.265 e. The summed E-state index contributed by atoms with van der Waals surface area (Å²) in [6.07, 6.45) is 3.61. The van der Waals surface area contributed by atoms with Crippen molar-refractivity contribution in [1.29, 1.82) is 0 Å². The van der Waals surface area contributed by atoms with Crippen LogP contribution < -0.4 is 0 Å². The van der Waals surface area contributed by atoms with E-state index in [9.17, 15) is 8.42 Å². The molecule has 1 unspecified atom stereocenters. The summed E-state index contributed by atoms with van der Waals surface area (Å²) in [6.45, 7) is 2.76. The third kappa shape index (κ3) is 2.91. The SMILES string of the molecule is CCC1C=[N+](CCCS(=O)(=O)O)c2ccc3ccccc3c21. The van der Waals surface area contributed by atoms with Crippen LogP contribution in [0.3, 0.4) is 0 Å². The molecule has 0 saturated heterocycles. The van der Waals surface area contributed by atoms with Gasteiger partial charge in [-0.15, -0.1) is 0 Å². The second kappa shape index (κ2) is 5.82. The Balaban J connectivity index is 1.95. The zero-order chi connectivity index (χ0) is 15.7. The molecule has 0 aliphatic carbocycles. The van der Waals surface area contributed by atoms with Crippen LogP contribution in [0, 0.1) is 0 Å². The van der Waals surface area contributed by atoms with Crippen molar-refractivity contribution in [2.45, 2.75) is 25.7 Å². The Labute approximate surface area is 130 Å². The summed E-state index contributed by atoms with van der Waals surface area (Å²) in [4.78, 5) is 0. The quantitative estimate of drug-likeness (QED) is 0.679. The normalized spacial score (nSPS) is 17.5. The lowest BCUT2D eigenvalue weighted by molar-refractivity contribution is -0.432. The molecule has 1 aliphatic rings. The Kier molecular flexibility index (Phi) is 4.02. The Bertz CT molecular complexity index is 840. The minimum Gasteiger partial charge on any atom is -0.286 e. The molecule has 0 saturated carbocycles. The lowest BCUT2D eigenvalue weighted by Gasteiger charge is -2.07. The molecule has 2 aromatic rings. The minimum atomic E-state index is -3.89. The molecule has 0 fully saturated rings. The lowest BCUT2D eigenvalue weighted by atomic mass is 9.93. The summed E-state index contributed by atoms with van der Waals surface area (Å²) in [7, 11) is -3.89. The van der Waals surface area contributed by atoms with Crippen LogP contribution >= 0.6 is 0 Å². The lowest BCUT2D eigenvalue weighted by Crippen LogP contribution is -2.12. The van der Waals surface area contributed by atoms with Crippen LogP contribution in [0.5, 0.6) is 0 Å². The molecule has 3 rings (SSSR count). The summed E-state index contributed by atoms with van der Waals surface area (Å²) in [5.74, 6) is 0.156. The van der Waals surface area contributed by atoms with Crippen molar-refractivity contribution >= 4 is 32.8 Å². The molecule has 116 valence electrons. The molecule has 0 radical (unpaired) electrons. The van der Waals surface area contributed by atoms with Crippen LogP contribution in [-0.2, 0) is 10.1 Å². The van der Waals surface area contributed by atoms with Crippen molar-refractivity contribution < 1.29 is 17.5 Å². The molecule has 1 N–H and O–H groups in total. The number of nitrogens with zero attached hydrogens (tertiary/aromatic N) is 1. The van der Waals surface area contributed by atoms with Crippen LogP contribution in [0.2, 0.25) is 0 Å². The van der Waals surface area contributed by atoms with E-state index in [0.29, 0.717) is 18.9 Å². The molecule has 1 aliphatic heterocycles. The highest BCUT2D eigenvalue weighted by Crippen LogP contribution is 2.39. The second-order valence-corrected chi connectivity index (χ2v) is 7.29. The van der Waals surface area contributed by atoms with Crippen LogP contribution in [-0.4, -0.2) is 36.1 Å². The first-order valence-electron chi connectivity index (χ1n) is 7.58. The predicted molar refractivity (Wildman–Crippen MR) is 88.9 cm³/mol. The minimum absolute atomic E-state index is 0.197. The van der Waals surface area contributed by atoms with E-state index in [0.717, 1.165) is 12.1 Å². The fourth-order valence-electron chi connectivity index (χ4n) is 3.22. The number of fused-ring (bicyclic) bond motifs is 3. The fraction of sp³-hybridized carbons (Fsp3) is 0.353. The van der Waals surface area contributed by atoms with Crippen LogP contribution in [0.4, 0.5) is 5.69 Å². The number of hydrogen-bond donors (Lipinski definition) is 1. The Morgan fingerprint density at radius 2 is 1.95 bits per heavy atom. The maximum atomic E-state index is 10.9. The predicted octanol–water partition coefficient (Wildman–Crippen LogP) is 3.34. The summed E-state index contributed by atoms with van der Waals surface area (Å²) >= 11 is 0. The highest BCUT2D eigenvalue weighted by atomic mass is 32.2. The van der Waals surface area contributed by atoms with Crippen molar-refractivity contribution in [3.05, 3.63) is 42.0 Å². The maximum Gasteiger partial charge on any atom is 0.265 e. The standard InChI is InChI=1S/C17H19NO3S/c1-2-13-12-18(10-5-11-22(19,20)21)16-9-8-14-6-3-4-7-15(14)17(13)16/h3-4,6-9,12-13H,2,5,10-11H2,1H3/p+1. The molecular weight excluding hydrogens is 298 g/mol. The maximum absolute atomic E-state index is 10.9. The number of benzene rings is 2. The fourth-order valence-corrected chi connectivity index (χ4v) is 3.71. The average molecular weight is 318 g/mol. The summed E-state index contributed by atoms with van der Waals surface area (Å²) < 4.78 is 32.7. The second-order valence-electron chi connectivity index (χ2n) is 5.72. The van der Waals surface area contributed by atoms with Crippen molar-refractivity contribution in [3.63, 3.8) is 0 Å². The van der Waals surface area contributed by atoms with Crippen molar-refractivity contribution in [3.8, 4) is 0 Å². The highest BCUT2D eigenvalue weighted by molar-refractivity contribution is 7.85. The molecule has 0 amide bonds. The molecule has 22 heavy (non-hydrogen) atoms. The van der Waals surface area contributed by atoms with Gasteiger partial charge in [-0.1, -0.05) is 31.2 Å². The first-order valence-corrected chi connectivity index (χ1v) is 9.19. The van der Waals surface area contributed by atoms with E-state index < -0.39 is 10.1 Å². The third-order valence-corrected chi connectivity index (χ3v) is 5.03. The van der Waals surface area contributed by atoms with E-state index in [-0.39, 0.29) is 5.75 Å². The largest absolute Gasteiger partial charge is 0.286 e. The van der Waals surface area contributed by atoms with Gasteiger partial charge in [0.1, 0.15) is 6.54 Å². The third-order valence-electron chi connectivity index (χ3n) is 4.23. The van der Waals surface area contributed by atoms with Gasteiger partial charge in [0.25, 0.3) is 10.1 Å². The first-order chi connectivity index (χ1) is 10.5. The van der Waals surface area contributed by atoms with Gasteiger partial charge in [-0.3, -0.25) is 4.55 Å². The van der Waals surface area contributed by atoms with Gasteiger partial charge in [-0.2, -0.15) is 8.42 Å². The van der Waals surface area contributed by atoms with Crippen LogP contribution in [0.15, 0.2) is 36.4 Å². The molecule has 1 heterocycles. The first kappa shape index (κ1) is 15.2. The molecule has 0 bridgehead atoms. The molecule has 5 heteroatoms. The Morgan fingerprint density at radius 3 is 2.68 bits per heavy atom. The molecule has 2 aromatic carbocycles. The summed E-state index contributed by atoms with van der Waals surface area (Å²) in [5.41, 5.74) is 2.48. The Morgan fingerprint density at radius 1 is 1.18 bits per heavy atom. The highest BCUT2D eigenvalue weighted by Gasteiger charge is 2.31. The average Bonchev–Trinajstić information content (AvgIpc) is 2.84. The van der Waals surface area contributed by atoms with Gasteiger partial charge in [0.15, 0.2) is 6.21 Å². The van der Waals surface area contributed by atoms with Gasteiger partial charge in [-0.25, -0.2) is 4.58 Å². The van der Waals surface area contributed by atoms with E-state index in [1.165, 1.54) is 16.3 Å². The van der Waals surface area contributed by atoms with E-state index in [4.69, 9.17) is 4.55 Å².